The molecule has 0 saturated heterocycles. The quantitative estimate of drug-likeness (QED) is 0.191. The minimum atomic E-state index is -0.648. The van der Waals surface area contributed by atoms with E-state index in [1.54, 1.807) is 7.11 Å². The van der Waals surface area contributed by atoms with Crippen LogP contribution in [0.25, 0.3) is 22.0 Å². The molecular weight excluding hydrogens is 496 g/mol. The molecule has 1 unspecified atom stereocenters. The zero-order valence-electron chi connectivity index (χ0n) is 23.1. The topological polar surface area (TPSA) is 51.5 Å². The van der Waals surface area contributed by atoms with Gasteiger partial charge in [0.05, 0.1) is 17.5 Å². The van der Waals surface area contributed by atoms with Gasteiger partial charge >= 0.3 is 0 Å². The molecule has 0 bridgehead atoms. The van der Waals surface area contributed by atoms with Crippen LogP contribution < -0.4 is 10.5 Å². The Bertz CT molecular complexity index is 1770. The Morgan fingerprint density at radius 1 is 0.900 bits per heavy atom. The van der Waals surface area contributed by atoms with Gasteiger partial charge in [-0.1, -0.05) is 72.3 Å². The van der Waals surface area contributed by atoms with E-state index in [-0.39, 0.29) is 17.9 Å². The summed E-state index contributed by atoms with van der Waals surface area (Å²) in [5.41, 5.74) is 8.90. The lowest BCUT2D eigenvalue weighted by atomic mass is 10.0. The summed E-state index contributed by atoms with van der Waals surface area (Å²) in [7, 11) is 1.60. The molecule has 0 fully saturated rings. The number of methoxy groups -OCH3 is 1. The third-order valence-corrected chi connectivity index (χ3v) is 7.78. The van der Waals surface area contributed by atoms with Crippen LogP contribution in [-0.2, 0) is 17.6 Å². The number of aryl methyl sites for hydroxylation is 1. The highest BCUT2D eigenvalue weighted by Crippen LogP contribution is 2.39. The number of anilines is 1. The van der Waals surface area contributed by atoms with Gasteiger partial charge in [-0.3, -0.25) is 9.59 Å². The van der Waals surface area contributed by atoms with Gasteiger partial charge in [0.25, 0.3) is 5.56 Å². The van der Waals surface area contributed by atoms with Gasteiger partial charge in [-0.15, -0.1) is 0 Å². The summed E-state index contributed by atoms with van der Waals surface area (Å²) in [6.07, 6.45) is 0.351. The maximum absolute atomic E-state index is 14.0. The van der Waals surface area contributed by atoms with Crippen molar-refractivity contribution in [2.24, 2.45) is 0 Å². The monoisotopic (exact) mass is 528 g/mol. The summed E-state index contributed by atoms with van der Waals surface area (Å²) in [5.74, 6) is -0.264. The molecule has 6 rings (SSSR count). The Kier molecular flexibility index (Phi) is 6.82. The van der Waals surface area contributed by atoms with E-state index in [1.807, 2.05) is 85.5 Å². The number of ether oxygens (including phenoxy) is 1. The number of hydrogen-bond donors (Lipinski definition) is 0. The normalized spacial score (nSPS) is 12.4. The molecule has 5 nitrogen and oxygen atoms in total. The first-order valence-corrected chi connectivity index (χ1v) is 13.7. The molecule has 2 aliphatic rings. The van der Waals surface area contributed by atoms with Crippen molar-refractivity contribution < 1.29 is 9.53 Å². The van der Waals surface area contributed by atoms with Gasteiger partial charge in [0.1, 0.15) is 0 Å². The number of pyridine rings is 1. The van der Waals surface area contributed by atoms with Crippen molar-refractivity contribution in [3.05, 3.63) is 135 Å². The van der Waals surface area contributed by atoms with Crippen LogP contribution in [0, 0.1) is 6.92 Å². The average Bonchev–Trinajstić information content (AvgIpc) is 3.65. The molecular formula is C35H32N2O3. The molecule has 3 aromatic carbocycles. The summed E-state index contributed by atoms with van der Waals surface area (Å²) in [6.45, 7) is 4.69. The largest absolute Gasteiger partial charge is 0.357 e. The zero-order valence-corrected chi connectivity index (χ0v) is 23.1. The van der Waals surface area contributed by atoms with E-state index in [4.69, 9.17) is 4.74 Å². The molecule has 40 heavy (non-hydrogen) atoms. The van der Waals surface area contributed by atoms with Crippen molar-refractivity contribution in [2.75, 3.05) is 18.6 Å². The highest BCUT2D eigenvalue weighted by atomic mass is 16.5. The van der Waals surface area contributed by atoms with Crippen molar-refractivity contribution >= 4 is 22.5 Å². The van der Waals surface area contributed by atoms with Gasteiger partial charge in [0, 0.05) is 19.3 Å². The number of nitrogens with zero attached hydrogens (tertiary/aromatic N) is 2. The van der Waals surface area contributed by atoms with Gasteiger partial charge in [-0.2, -0.15) is 0 Å². The Labute approximate surface area is 234 Å². The fourth-order valence-electron chi connectivity index (χ4n) is 5.57. The van der Waals surface area contributed by atoms with E-state index in [9.17, 15) is 9.59 Å². The third-order valence-electron chi connectivity index (χ3n) is 7.78. The molecule has 0 radical (unpaired) electrons. The Morgan fingerprint density at radius 2 is 1.62 bits per heavy atom. The molecule has 4 aromatic rings. The Morgan fingerprint density at radius 3 is 2.27 bits per heavy atom. The SMILES string of the molecule is CCN(c1ccc(C)cc1)C(OC)c1cc2ccccc2n(C(=O)Cc2ccc(Cc3ccc4cc3-4)cc2)c1=O. The van der Waals surface area contributed by atoms with Crippen LogP contribution in [0.15, 0.2) is 102 Å². The standard InChI is InChI=1S/C35H32N2O3/c1-4-36(29-17-9-23(2)10-18-29)35(40-3)31-22-28-7-5-6-8-32(28)37(34(31)39)33(38)20-25-13-11-24(12-14-25)19-26-15-16-27-21-30(26)27/h5-18,21-22,35H,4,19-20H2,1-3H3. The lowest BCUT2D eigenvalue weighted by Gasteiger charge is -2.32. The van der Waals surface area contributed by atoms with Gasteiger partial charge < -0.3 is 9.64 Å². The fourth-order valence-corrected chi connectivity index (χ4v) is 5.57. The first-order chi connectivity index (χ1) is 19.5. The molecule has 0 spiro atoms. The molecule has 1 heterocycles. The summed E-state index contributed by atoms with van der Waals surface area (Å²) in [4.78, 5) is 29.8. The smallest absolute Gasteiger partial charge is 0.265 e. The van der Waals surface area contributed by atoms with Crippen molar-refractivity contribution in [1.29, 1.82) is 0 Å². The number of aromatic nitrogens is 1. The first kappa shape index (κ1) is 25.8. The van der Waals surface area contributed by atoms with Crippen LogP contribution in [0.2, 0.25) is 0 Å². The highest BCUT2D eigenvalue weighted by Gasteiger charge is 2.26. The highest BCUT2D eigenvalue weighted by molar-refractivity contribution is 5.92. The van der Waals surface area contributed by atoms with Crippen molar-refractivity contribution in [1.82, 2.24) is 4.57 Å². The number of rotatable bonds is 9. The third kappa shape index (κ3) is 4.85. The van der Waals surface area contributed by atoms with Crippen molar-refractivity contribution in [2.45, 2.75) is 32.9 Å². The van der Waals surface area contributed by atoms with Crippen LogP contribution >= 0.6 is 0 Å². The second kappa shape index (κ2) is 10.6. The van der Waals surface area contributed by atoms with Crippen LogP contribution in [0.1, 0.15) is 45.8 Å². The van der Waals surface area contributed by atoms with Crippen LogP contribution in [0.4, 0.5) is 5.69 Å². The van der Waals surface area contributed by atoms with Crippen molar-refractivity contribution in [3.8, 4) is 11.1 Å². The van der Waals surface area contributed by atoms with Gasteiger partial charge in [-0.25, -0.2) is 4.57 Å². The van der Waals surface area contributed by atoms with E-state index in [0.717, 1.165) is 28.6 Å². The van der Waals surface area contributed by atoms with Crippen LogP contribution in [-0.4, -0.2) is 24.1 Å². The summed E-state index contributed by atoms with van der Waals surface area (Å²) in [6, 6.07) is 32.2. The molecule has 5 heteroatoms. The number of fused-ring (bicyclic) bond motifs is 2. The predicted molar refractivity (Wildman–Crippen MR) is 161 cm³/mol. The molecule has 2 aliphatic carbocycles. The lowest BCUT2D eigenvalue weighted by Crippen LogP contribution is -2.38. The van der Waals surface area contributed by atoms with E-state index in [0.29, 0.717) is 17.6 Å². The maximum Gasteiger partial charge on any atom is 0.265 e. The molecule has 0 amide bonds. The molecule has 0 N–H and O–H groups in total. The van der Waals surface area contributed by atoms with Crippen molar-refractivity contribution in [3.63, 3.8) is 0 Å². The summed E-state index contributed by atoms with van der Waals surface area (Å²) < 4.78 is 7.25. The van der Waals surface area contributed by atoms with E-state index < -0.39 is 6.23 Å². The average molecular weight is 529 g/mol. The Balaban J connectivity index is 1.32. The van der Waals surface area contributed by atoms with Gasteiger partial charge in [-0.05, 0) is 83.8 Å². The number of carbonyl (C=O) groups is 1. The second-order valence-electron chi connectivity index (χ2n) is 10.4. The summed E-state index contributed by atoms with van der Waals surface area (Å²) >= 11 is 0. The number of carbonyl (C=O) groups excluding carboxylic acids is 1. The number of benzene rings is 4. The Hall–Kier alpha value is -4.48. The maximum atomic E-state index is 14.0. The lowest BCUT2D eigenvalue weighted by molar-refractivity contribution is 0.0899. The number of para-hydroxylation sites is 1. The van der Waals surface area contributed by atoms with E-state index in [2.05, 4.69) is 30.3 Å². The van der Waals surface area contributed by atoms with Gasteiger partial charge in [0.2, 0.25) is 5.91 Å². The minimum absolute atomic E-state index is 0.125. The molecule has 1 atom stereocenters. The predicted octanol–water partition coefficient (Wildman–Crippen LogP) is 6.94. The fraction of sp³-hybridized carbons (Fsp3) is 0.200. The van der Waals surface area contributed by atoms with Gasteiger partial charge in [0.15, 0.2) is 6.23 Å². The van der Waals surface area contributed by atoms with E-state index >= 15 is 0 Å². The first-order valence-electron chi connectivity index (χ1n) is 13.7. The summed E-state index contributed by atoms with van der Waals surface area (Å²) in [5, 5.41) is 0.815. The van der Waals surface area contributed by atoms with Crippen LogP contribution in [0.5, 0.6) is 0 Å². The number of hydrogen-bond acceptors (Lipinski definition) is 4. The minimum Gasteiger partial charge on any atom is -0.357 e. The van der Waals surface area contributed by atoms with E-state index in [1.165, 1.54) is 26.8 Å². The molecule has 0 aliphatic heterocycles. The van der Waals surface area contributed by atoms with Crippen LogP contribution in [0.3, 0.4) is 0 Å². The zero-order chi connectivity index (χ0) is 27.8. The molecule has 1 aromatic heterocycles. The molecule has 0 saturated carbocycles. The molecule has 200 valence electrons. The second-order valence-corrected chi connectivity index (χ2v) is 10.4.